The molecule has 0 amide bonds. The zero-order valence-electron chi connectivity index (χ0n) is 9.12. The zero-order chi connectivity index (χ0) is 13.2. The third kappa shape index (κ3) is 2.96. The van der Waals surface area contributed by atoms with E-state index in [0.717, 1.165) is 0 Å². The predicted molar refractivity (Wildman–Crippen MR) is 53.0 cm³/mol. The second-order valence-electron chi connectivity index (χ2n) is 3.70. The minimum atomic E-state index is -4.68. The number of hydrogen-bond donors (Lipinski definition) is 4. The molecule has 1 aromatic rings. The van der Waals surface area contributed by atoms with Crippen LogP contribution in [0.5, 0.6) is 0 Å². The van der Waals surface area contributed by atoms with Gasteiger partial charge in [-0.1, -0.05) is 0 Å². The summed E-state index contributed by atoms with van der Waals surface area (Å²) in [7, 11) is 0. The number of nitrogens with one attached hydrogen (secondary N) is 1. The lowest BCUT2D eigenvalue weighted by atomic mass is 10.00. The van der Waals surface area contributed by atoms with Crippen LogP contribution in [-0.4, -0.2) is 33.1 Å². The maximum Gasteiger partial charge on any atom is 0.435 e. The number of rotatable bonds is 4. The number of H-pyrrole nitrogens is 1. The maximum atomic E-state index is 12.6. The third-order valence-electron chi connectivity index (χ3n) is 2.39. The molecule has 2 unspecified atom stereocenters. The zero-order valence-corrected chi connectivity index (χ0v) is 9.12. The van der Waals surface area contributed by atoms with Crippen molar-refractivity contribution in [2.45, 2.75) is 31.7 Å². The van der Waals surface area contributed by atoms with Crippen LogP contribution in [0.2, 0.25) is 0 Å². The smallest absolute Gasteiger partial charge is 0.390 e. The molecule has 8 heteroatoms. The van der Waals surface area contributed by atoms with Gasteiger partial charge in [-0.2, -0.15) is 18.3 Å². The number of aliphatic hydroxyl groups is 2. The van der Waals surface area contributed by atoms with Crippen molar-refractivity contribution >= 4 is 0 Å². The van der Waals surface area contributed by atoms with E-state index in [4.69, 9.17) is 5.73 Å². The molecule has 98 valence electrons. The summed E-state index contributed by atoms with van der Waals surface area (Å²) in [6, 6.07) is 0. The Morgan fingerprint density at radius 2 is 2.00 bits per heavy atom. The molecule has 0 fully saturated rings. The second kappa shape index (κ2) is 5.03. The summed E-state index contributed by atoms with van der Waals surface area (Å²) in [5, 5.41) is 24.4. The number of aromatic nitrogens is 2. The number of nitrogens with zero attached hydrogens (tertiary/aromatic N) is 1. The van der Waals surface area contributed by atoms with Crippen LogP contribution < -0.4 is 5.73 Å². The molecule has 0 saturated heterocycles. The molecular formula is C9H14F3N3O2. The summed E-state index contributed by atoms with van der Waals surface area (Å²) in [5.41, 5.74) is 3.59. The Morgan fingerprint density at radius 1 is 1.41 bits per heavy atom. The van der Waals surface area contributed by atoms with E-state index < -0.39 is 29.6 Å². The van der Waals surface area contributed by atoms with E-state index in [1.165, 1.54) is 6.92 Å². The lowest BCUT2D eigenvalue weighted by molar-refractivity contribution is -0.143. The Bertz CT molecular complexity index is 378. The third-order valence-corrected chi connectivity index (χ3v) is 2.39. The van der Waals surface area contributed by atoms with Crippen molar-refractivity contribution < 1.29 is 23.4 Å². The van der Waals surface area contributed by atoms with Gasteiger partial charge in [-0.3, -0.25) is 5.10 Å². The van der Waals surface area contributed by atoms with Gasteiger partial charge < -0.3 is 15.9 Å². The monoisotopic (exact) mass is 253 g/mol. The van der Waals surface area contributed by atoms with E-state index in [1.807, 2.05) is 0 Å². The van der Waals surface area contributed by atoms with Gasteiger partial charge in [-0.25, -0.2) is 0 Å². The van der Waals surface area contributed by atoms with Crippen LogP contribution in [-0.2, 0) is 6.18 Å². The SMILES string of the molecule is Cc1[nH]nc(C(F)(F)F)c1C(O)C(O)CCN. The molecule has 0 aromatic carbocycles. The Labute approximate surface area is 95.4 Å². The Kier molecular flexibility index (Phi) is 4.12. The molecule has 0 aliphatic heterocycles. The first-order chi connectivity index (χ1) is 7.79. The van der Waals surface area contributed by atoms with Gasteiger partial charge >= 0.3 is 6.18 Å². The standard InChI is InChI=1S/C9H14F3N3O2/c1-4-6(7(17)5(16)2-3-13)8(15-14-4)9(10,11)12/h5,7,16-17H,2-3,13H2,1H3,(H,14,15). The number of aliphatic hydroxyl groups excluding tert-OH is 2. The number of alkyl halides is 3. The average Bonchev–Trinajstić information content (AvgIpc) is 2.59. The van der Waals surface area contributed by atoms with Crippen LogP contribution in [0.3, 0.4) is 0 Å². The number of halogens is 3. The van der Waals surface area contributed by atoms with Gasteiger partial charge in [0.25, 0.3) is 0 Å². The molecular weight excluding hydrogens is 239 g/mol. The van der Waals surface area contributed by atoms with E-state index >= 15 is 0 Å². The highest BCUT2D eigenvalue weighted by Gasteiger charge is 2.40. The number of aromatic amines is 1. The highest BCUT2D eigenvalue weighted by Crippen LogP contribution is 2.35. The topological polar surface area (TPSA) is 95.2 Å². The summed E-state index contributed by atoms with van der Waals surface area (Å²) in [5.74, 6) is 0. The van der Waals surface area contributed by atoms with E-state index in [9.17, 15) is 23.4 Å². The molecule has 0 bridgehead atoms. The van der Waals surface area contributed by atoms with Gasteiger partial charge in [0.2, 0.25) is 0 Å². The van der Waals surface area contributed by atoms with Crippen LogP contribution in [0.4, 0.5) is 13.2 Å². The lowest BCUT2D eigenvalue weighted by Crippen LogP contribution is -2.24. The van der Waals surface area contributed by atoms with Crippen molar-refractivity contribution in [1.29, 1.82) is 0 Å². The Morgan fingerprint density at radius 3 is 2.47 bits per heavy atom. The number of hydrogen-bond acceptors (Lipinski definition) is 4. The van der Waals surface area contributed by atoms with Crippen molar-refractivity contribution in [3.63, 3.8) is 0 Å². The Hall–Kier alpha value is -1.12. The second-order valence-corrected chi connectivity index (χ2v) is 3.70. The van der Waals surface area contributed by atoms with Crippen molar-refractivity contribution in [1.82, 2.24) is 10.2 Å². The van der Waals surface area contributed by atoms with Crippen LogP contribution in [0.25, 0.3) is 0 Å². The first-order valence-electron chi connectivity index (χ1n) is 4.97. The van der Waals surface area contributed by atoms with E-state index in [1.54, 1.807) is 0 Å². The van der Waals surface area contributed by atoms with Crippen LogP contribution >= 0.6 is 0 Å². The highest BCUT2D eigenvalue weighted by atomic mass is 19.4. The highest BCUT2D eigenvalue weighted by molar-refractivity contribution is 5.29. The first kappa shape index (κ1) is 13.9. The van der Waals surface area contributed by atoms with E-state index in [-0.39, 0.29) is 18.7 Å². The predicted octanol–water partition coefficient (Wildman–Crippen LogP) is 0.480. The Balaban J connectivity index is 3.08. The molecule has 1 aromatic heterocycles. The van der Waals surface area contributed by atoms with Gasteiger partial charge in [-0.05, 0) is 19.9 Å². The van der Waals surface area contributed by atoms with Crippen molar-refractivity contribution in [3.8, 4) is 0 Å². The summed E-state index contributed by atoms with van der Waals surface area (Å²) < 4.78 is 37.7. The van der Waals surface area contributed by atoms with E-state index in [2.05, 4.69) is 10.2 Å². The van der Waals surface area contributed by atoms with Crippen molar-refractivity contribution in [2.75, 3.05) is 6.54 Å². The summed E-state index contributed by atoms with van der Waals surface area (Å²) in [4.78, 5) is 0. The van der Waals surface area contributed by atoms with Crippen LogP contribution in [0.1, 0.15) is 29.5 Å². The van der Waals surface area contributed by atoms with Crippen molar-refractivity contribution in [2.24, 2.45) is 5.73 Å². The van der Waals surface area contributed by atoms with Gasteiger partial charge in [0.05, 0.1) is 6.10 Å². The van der Waals surface area contributed by atoms with Crippen LogP contribution in [0, 0.1) is 6.92 Å². The fourth-order valence-corrected chi connectivity index (χ4v) is 1.54. The molecule has 0 aliphatic rings. The average molecular weight is 253 g/mol. The fraction of sp³-hybridized carbons (Fsp3) is 0.667. The first-order valence-corrected chi connectivity index (χ1v) is 4.97. The molecule has 5 nitrogen and oxygen atoms in total. The maximum absolute atomic E-state index is 12.6. The molecule has 1 heterocycles. The number of aryl methyl sites for hydroxylation is 1. The largest absolute Gasteiger partial charge is 0.435 e. The molecule has 1 rings (SSSR count). The normalized spacial score (nSPS) is 15.9. The van der Waals surface area contributed by atoms with Crippen LogP contribution in [0.15, 0.2) is 0 Å². The minimum absolute atomic E-state index is 0.00306. The van der Waals surface area contributed by atoms with Gasteiger partial charge in [-0.15, -0.1) is 0 Å². The molecule has 5 N–H and O–H groups in total. The lowest BCUT2D eigenvalue weighted by Gasteiger charge is -2.18. The molecule has 0 saturated carbocycles. The molecule has 0 spiro atoms. The summed E-state index contributed by atoms with van der Waals surface area (Å²) in [6.07, 6.45) is -7.68. The van der Waals surface area contributed by atoms with E-state index in [0.29, 0.717) is 0 Å². The van der Waals surface area contributed by atoms with Gasteiger partial charge in [0.15, 0.2) is 5.69 Å². The quantitative estimate of drug-likeness (QED) is 0.627. The number of nitrogens with two attached hydrogens (primary N) is 1. The van der Waals surface area contributed by atoms with Gasteiger partial charge in [0.1, 0.15) is 6.10 Å². The van der Waals surface area contributed by atoms with Crippen molar-refractivity contribution in [3.05, 3.63) is 17.0 Å². The van der Waals surface area contributed by atoms with Gasteiger partial charge in [0, 0.05) is 11.3 Å². The minimum Gasteiger partial charge on any atom is -0.390 e. The molecule has 0 radical (unpaired) electrons. The fourth-order valence-electron chi connectivity index (χ4n) is 1.54. The summed E-state index contributed by atoms with van der Waals surface area (Å²) >= 11 is 0. The molecule has 2 atom stereocenters. The molecule has 17 heavy (non-hydrogen) atoms. The summed E-state index contributed by atoms with van der Waals surface area (Å²) in [6.45, 7) is 1.41. The molecule has 0 aliphatic carbocycles.